The van der Waals surface area contributed by atoms with Gasteiger partial charge < -0.3 is 21.1 Å². The van der Waals surface area contributed by atoms with E-state index in [-0.39, 0.29) is 81.5 Å². The number of phenols is 2. The molecule has 0 aliphatic heterocycles. The van der Waals surface area contributed by atoms with E-state index in [1.54, 1.807) is 36.4 Å². The van der Waals surface area contributed by atoms with Crippen LogP contribution < -0.4 is 5.73 Å². The zero-order chi connectivity index (χ0) is 30.0. The molecule has 0 saturated heterocycles. The number of carboxylic acid groups (broad SMARTS) is 1. The predicted molar refractivity (Wildman–Crippen MR) is 167 cm³/mol. The molecule has 6 N–H and O–H groups in total. The van der Waals surface area contributed by atoms with E-state index >= 15 is 0 Å². The molecule has 0 aromatic heterocycles. The predicted octanol–water partition coefficient (Wildman–Crippen LogP) is 6.51. The quantitative estimate of drug-likeness (QED) is 0.0578. The Morgan fingerprint density at radius 2 is 1.20 bits per heavy atom. The minimum absolute atomic E-state index is 0. The summed E-state index contributed by atoms with van der Waals surface area (Å²) in [5.41, 5.74) is 8.24. The van der Waals surface area contributed by atoms with E-state index in [4.69, 9.17) is 10.8 Å². The number of fused-ring (bicyclic) bond motifs is 1. The van der Waals surface area contributed by atoms with Crippen LogP contribution in [0.4, 0.5) is 28.4 Å². The monoisotopic (exact) mass is 629 g/mol. The number of nitrogens with two attached hydrogens (primary N) is 1. The van der Waals surface area contributed by atoms with Crippen molar-refractivity contribution in [2.45, 2.75) is 4.90 Å². The summed E-state index contributed by atoms with van der Waals surface area (Å²) < 4.78 is 33.7. The number of anilines is 1. The summed E-state index contributed by atoms with van der Waals surface area (Å²) in [5.74, 6) is -2.13. The number of benzene rings is 5. The van der Waals surface area contributed by atoms with E-state index < -0.39 is 32.4 Å². The number of carbonyl (C=O) groups is 1. The summed E-state index contributed by atoms with van der Waals surface area (Å²) in [5, 5.41) is 46.1. The van der Waals surface area contributed by atoms with E-state index in [1.165, 1.54) is 42.5 Å². The molecule has 2 radical (unpaired) electrons. The standard InChI is InChI=1S/C29H21N5O7S.2Na/c30-19-6-1-18-13-26(42(39,40)41)27(28(36)23(18)14-19)34-32-21-9-4-17(5-10-21)16-2-7-20(8-3-16)31-33-22-11-12-25(35)24(15-22)29(37)38;;/h1-15,35-36H,30H2,(H,37,38)(H,39,40,41);;. The van der Waals surface area contributed by atoms with Crippen LogP contribution in [0.3, 0.4) is 0 Å². The fourth-order valence-corrected chi connectivity index (χ4v) is 4.73. The van der Waals surface area contributed by atoms with Gasteiger partial charge in [-0.05, 0) is 77.2 Å². The summed E-state index contributed by atoms with van der Waals surface area (Å²) in [6, 6.07) is 23.4. The molecule has 44 heavy (non-hydrogen) atoms. The molecule has 0 aliphatic carbocycles. The zero-order valence-electron chi connectivity index (χ0n) is 23.4. The van der Waals surface area contributed by atoms with Crippen LogP contribution in [-0.2, 0) is 10.1 Å². The Morgan fingerprint density at radius 3 is 1.75 bits per heavy atom. The molecule has 0 atom stereocenters. The van der Waals surface area contributed by atoms with Crippen LogP contribution in [0.15, 0.2) is 116 Å². The van der Waals surface area contributed by atoms with Gasteiger partial charge in [-0.3, -0.25) is 4.55 Å². The minimum Gasteiger partial charge on any atom is -0.507 e. The second-order valence-electron chi connectivity index (χ2n) is 9.03. The molecule has 15 heteroatoms. The smallest absolute Gasteiger partial charge is 0.339 e. The number of nitrogens with zero attached hydrogens (tertiary/aromatic N) is 4. The number of carboxylic acids is 1. The summed E-state index contributed by atoms with van der Waals surface area (Å²) >= 11 is 0. The molecular formula is C29H21N5Na2O7S. The van der Waals surface area contributed by atoms with Crippen LogP contribution in [0.5, 0.6) is 11.5 Å². The van der Waals surface area contributed by atoms with Crippen LogP contribution in [0.25, 0.3) is 21.9 Å². The molecule has 5 aromatic carbocycles. The van der Waals surface area contributed by atoms with E-state index in [0.717, 1.165) is 11.1 Å². The molecule has 5 aromatic rings. The third kappa shape index (κ3) is 7.88. The van der Waals surface area contributed by atoms with E-state index in [9.17, 15) is 28.0 Å². The molecule has 0 fully saturated rings. The number of rotatable bonds is 7. The van der Waals surface area contributed by atoms with Crippen molar-refractivity contribution in [3.8, 4) is 22.6 Å². The van der Waals surface area contributed by atoms with Gasteiger partial charge in [-0.2, -0.15) is 23.8 Å². The van der Waals surface area contributed by atoms with Crippen molar-refractivity contribution < 1.29 is 33.1 Å². The van der Waals surface area contributed by atoms with Gasteiger partial charge in [0.1, 0.15) is 21.9 Å². The summed E-state index contributed by atoms with van der Waals surface area (Å²) in [7, 11) is -4.73. The first kappa shape index (κ1) is 34.8. The second-order valence-corrected chi connectivity index (χ2v) is 10.4. The van der Waals surface area contributed by atoms with Crippen LogP contribution in [0.1, 0.15) is 10.4 Å². The fraction of sp³-hybridized carbons (Fsp3) is 0. The Labute approximate surface area is 295 Å². The number of azo groups is 2. The number of nitrogen functional groups attached to an aromatic ring is 1. The van der Waals surface area contributed by atoms with Gasteiger partial charge in [-0.15, -0.1) is 5.11 Å². The van der Waals surface area contributed by atoms with Crippen molar-refractivity contribution in [1.29, 1.82) is 0 Å². The van der Waals surface area contributed by atoms with Gasteiger partial charge in [0.2, 0.25) is 0 Å². The van der Waals surface area contributed by atoms with Gasteiger partial charge in [0.25, 0.3) is 10.1 Å². The van der Waals surface area contributed by atoms with Crippen molar-refractivity contribution in [3.63, 3.8) is 0 Å². The van der Waals surface area contributed by atoms with Crippen molar-refractivity contribution in [2.24, 2.45) is 20.5 Å². The SMILES string of the molecule is Nc1ccc2cc(S(=O)(=O)O)c(N=Nc3ccc(-c4ccc(N=Nc5ccc(O)c(C(=O)O)c5)cc4)cc3)c(O)c2c1.[Na].[Na]. The van der Waals surface area contributed by atoms with Gasteiger partial charge in [0, 0.05) is 70.2 Å². The number of aromatic hydroxyl groups is 2. The maximum absolute atomic E-state index is 12.0. The van der Waals surface area contributed by atoms with Crippen molar-refractivity contribution in [3.05, 3.63) is 96.6 Å². The van der Waals surface area contributed by atoms with Crippen LogP contribution in [0.2, 0.25) is 0 Å². The Kier molecular flexibility index (Phi) is 11.4. The van der Waals surface area contributed by atoms with Gasteiger partial charge in [-0.25, -0.2) is 4.79 Å². The molecule has 0 saturated carbocycles. The third-order valence-electron chi connectivity index (χ3n) is 6.18. The third-order valence-corrected chi connectivity index (χ3v) is 7.05. The molecule has 0 heterocycles. The van der Waals surface area contributed by atoms with E-state index in [1.807, 2.05) is 12.1 Å². The molecule has 0 bridgehead atoms. The minimum atomic E-state index is -4.73. The number of phenolic OH excluding ortho intramolecular Hbond substituents is 1. The first-order valence-corrected chi connectivity index (χ1v) is 13.6. The summed E-state index contributed by atoms with van der Waals surface area (Å²) in [6.45, 7) is 0. The van der Waals surface area contributed by atoms with Crippen molar-refractivity contribution in [1.82, 2.24) is 0 Å². The fourth-order valence-electron chi connectivity index (χ4n) is 4.07. The van der Waals surface area contributed by atoms with Gasteiger partial charge in [0.05, 0.1) is 17.1 Å². The maximum Gasteiger partial charge on any atom is 0.339 e. The average molecular weight is 630 g/mol. The molecular weight excluding hydrogens is 608 g/mol. The normalized spacial score (nSPS) is 11.4. The summed E-state index contributed by atoms with van der Waals surface area (Å²) in [6.07, 6.45) is 0. The average Bonchev–Trinajstić information content (AvgIpc) is 2.96. The molecule has 0 unspecified atom stereocenters. The van der Waals surface area contributed by atoms with Crippen molar-refractivity contribution in [2.75, 3.05) is 5.73 Å². The largest absolute Gasteiger partial charge is 0.507 e. The second kappa shape index (κ2) is 14.4. The van der Waals surface area contributed by atoms with Crippen LogP contribution in [0, 0.1) is 0 Å². The number of hydrogen-bond acceptors (Lipinski definition) is 10. The van der Waals surface area contributed by atoms with E-state index in [0.29, 0.717) is 22.4 Å². The number of aromatic carboxylic acids is 1. The topological polar surface area (TPSA) is 208 Å². The molecule has 0 amide bonds. The Balaban J connectivity index is 0.00000264. The maximum atomic E-state index is 12.0. The van der Waals surface area contributed by atoms with Crippen LogP contribution >= 0.6 is 0 Å². The Hall–Kier alpha value is -3.66. The number of hydrogen-bond donors (Lipinski definition) is 5. The molecule has 5 rings (SSSR count). The van der Waals surface area contributed by atoms with E-state index in [2.05, 4.69) is 20.5 Å². The Morgan fingerprint density at radius 1 is 0.682 bits per heavy atom. The molecule has 212 valence electrons. The molecule has 0 spiro atoms. The first-order valence-electron chi connectivity index (χ1n) is 12.1. The van der Waals surface area contributed by atoms with Gasteiger partial charge in [-0.1, -0.05) is 30.3 Å². The zero-order valence-corrected chi connectivity index (χ0v) is 28.3. The molecule has 12 nitrogen and oxygen atoms in total. The van der Waals surface area contributed by atoms with Gasteiger partial charge in [0.15, 0.2) is 5.75 Å². The first-order chi connectivity index (χ1) is 20.0. The molecule has 0 aliphatic rings. The summed E-state index contributed by atoms with van der Waals surface area (Å²) in [4.78, 5) is 10.6. The van der Waals surface area contributed by atoms with Crippen molar-refractivity contribution >= 4 is 114 Å². The Bertz CT molecular complexity index is 2020. The van der Waals surface area contributed by atoms with Gasteiger partial charge >= 0.3 is 5.97 Å². The van der Waals surface area contributed by atoms with Crippen LogP contribution in [-0.4, -0.2) is 93.4 Å².